The van der Waals surface area contributed by atoms with Gasteiger partial charge in [-0.2, -0.15) is 0 Å². The third-order valence-electron chi connectivity index (χ3n) is 2.84. The van der Waals surface area contributed by atoms with Crippen LogP contribution in [0.1, 0.15) is 25.2 Å². The van der Waals surface area contributed by atoms with Crippen molar-refractivity contribution in [2.24, 2.45) is 0 Å². The zero-order chi connectivity index (χ0) is 14.8. The van der Waals surface area contributed by atoms with Gasteiger partial charge in [-0.1, -0.05) is 6.92 Å². The molecule has 0 saturated carbocycles. The summed E-state index contributed by atoms with van der Waals surface area (Å²) < 4.78 is 40.2. The maximum atomic E-state index is 13.4. The van der Waals surface area contributed by atoms with E-state index in [1.165, 1.54) is 18.3 Å². The van der Waals surface area contributed by atoms with Crippen LogP contribution >= 0.6 is 0 Å². The van der Waals surface area contributed by atoms with E-state index >= 15 is 0 Å². The number of nitrogens with one attached hydrogen (secondary N) is 2. The number of imidazole rings is 1. The summed E-state index contributed by atoms with van der Waals surface area (Å²) >= 11 is 0. The van der Waals surface area contributed by atoms with Crippen molar-refractivity contribution in [1.29, 1.82) is 0 Å². The van der Waals surface area contributed by atoms with Gasteiger partial charge in [0.25, 0.3) is 0 Å². The van der Waals surface area contributed by atoms with Crippen LogP contribution in [0.2, 0.25) is 0 Å². The maximum Gasteiger partial charge on any atom is 0.241 e. The van der Waals surface area contributed by atoms with E-state index in [4.69, 9.17) is 5.73 Å². The molecule has 0 aliphatic heterocycles. The normalized spacial score (nSPS) is 13.3. The van der Waals surface area contributed by atoms with E-state index in [1.54, 1.807) is 6.20 Å². The van der Waals surface area contributed by atoms with Crippen LogP contribution in [0, 0.1) is 5.82 Å². The molecule has 2 aromatic rings. The van der Waals surface area contributed by atoms with Crippen LogP contribution in [0.5, 0.6) is 0 Å². The Kier molecular flexibility index (Phi) is 4.05. The van der Waals surface area contributed by atoms with Crippen molar-refractivity contribution < 1.29 is 12.8 Å². The topological polar surface area (TPSA) is 101 Å². The highest BCUT2D eigenvalue weighted by atomic mass is 32.2. The molecule has 4 N–H and O–H groups in total. The molecule has 0 radical (unpaired) electrons. The van der Waals surface area contributed by atoms with Crippen molar-refractivity contribution in [3.8, 4) is 0 Å². The van der Waals surface area contributed by atoms with Gasteiger partial charge >= 0.3 is 0 Å². The molecular weight excluding hydrogens is 283 g/mol. The molecule has 108 valence electrons. The van der Waals surface area contributed by atoms with Crippen molar-refractivity contribution >= 4 is 15.7 Å². The number of rotatable bonds is 5. The Hall–Kier alpha value is -1.93. The molecule has 1 aromatic carbocycles. The van der Waals surface area contributed by atoms with Gasteiger partial charge in [0.05, 0.1) is 16.6 Å². The number of aromatic amines is 1. The van der Waals surface area contributed by atoms with Crippen LogP contribution in [0.15, 0.2) is 35.5 Å². The Morgan fingerprint density at radius 2 is 2.25 bits per heavy atom. The largest absolute Gasteiger partial charge is 0.396 e. The molecule has 2 rings (SSSR count). The van der Waals surface area contributed by atoms with Crippen molar-refractivity contribution in [1.82, 2.24) is 14.7 Å². The predicted molar refractivity (Wildman–Crippen MR) is 72.8 cm³/mol. The summed E-state index contributed by atoms with van der Waals surface area (Å²) in [5.41, 5.74) is 5.24. The lowest BCUT2D eigenvalue weighted by atomic mass is 10.2. The average molecular weight is 298 g/mol. The highest BCUT2D eigenvalue weighted by Gasteiger charge is 2.22. The van der Waals surface area contributed by atoms with Crippen LogP contribution in [-0.2, 0) is 10.0 Å². The minimum absolute atomic E-state index is 0.0953. The van der Waals surface area contributed by atoms with Gasteiger partial charge in [0.15, 0.2) is 0 Å². The highest BCUT2D eigenvalue weighted by molar-refractivity contribution is 7.89. The molecule has 1 atom stereocenters. The number of halogens is 1. The Morgan fingerprint density at radius 3 is 2.80 bits per heavy atom. The zero-order valence-electron chi connectivity index (χ0n) is 10.8. The fourth-order valence-electron chi connectivity index (χ4n) is 1.73. The number of sulfonamides is 1. The number of anilines is 1. The first-order valence-corrected chi connectivity index (χ1v) is 7.49. The molecule has 0 amide bonds. The van der Waals surface area contributed by atoms with Gasteiger partial charge in [-0.05, 0) is 24.6 Å². The lowest BCUT2D eigenvalue weighted by Crippen LogP contribution is -2.29. The second-order valence-electron chi connectivity index (χ2n) is 4.24. The van der Waals surface area contributed by atoms with Crippen LogP contribution in [-0.4, -0.2) is 18.4 Å². The van der Waals surface area contributed by atoms with E-state index in [0.717, 1.165) is 6.07 Å². The second kappa shape index (κ2) is 5.59. The Labute approximate surface area is 116 Å². The monoisotopic (exact) mass is 298 g/mol. The first-order chi connectivity index (χ1) is 9.44. The fourth-order valence-corrected chi connectivity index (χ4v) is 3.03. The van der Waals surface area contributed by atoms with Crippen LogP contribution in [0.4, 0.5) is 10.1 Å². The van der Waals surface area contributed by atoms with Crippen LogP contribution in [0.25, 0.3) is 0 Å². The van der Waals surface area contributed by atoms with E-state index in [1.807, 2.05) is 6.92 Å². The summed E-state index contributed by atoms with van der Waals surface area (Å²) in [5.74, 6) is -0.258. The first kappa shape index (κ1) is 14.5. The first-order valence-electron chi connectivity index (χ1n) is 6.00. The average Bonchev–Trinajstić information content (AvgIpc) is 2.93. The molecule has 6 nitrogen and oxygen atoms in total. The molecular formula is C12H15FN4O2S. The van der Waals surface area contributed by atoms with Crippen LogP contribution in [0.3, 0.4) is 0 Å². The van der Waals surface area contributed by atoms with Gasteiger partial charge in [-0.15, -0.1) is 0 Å². The number of H-pyrrole nitrogens is 1. The third-order valence-corrected chi connectivity index (χ3v) is 4.31. The number of hydrogen-bond donors (Lipinski definition) is 3. The maximum absolute atomic E-state index is 13.4. The van der Waals surface area contributed by atoms with Crippen molar-refractivity contribution in [3.63, 3.8) is 0 Å². The van der Waals surface area contributed by atoms with Gasteiger partial charge in [0.1, 0.15) is 11.6 Å². The summed E-state index contributed by atoms with van der Waals surface area (Å²) in [6, 6.07) is 2.87. The predicted octanol–water partition coefficient (Wildman–Crippen LogP) is 1.56. The van der Waals surface area contributed by atoms with E-state index in [0.29, 0.717) is 12.2 Å². The Bertz CT molecular complexity index is 685. The molecule has 0 aliphatic carbocycles. The molecule has 0 spiro atoms. The van der Waals surface area contributed by atoms with Crippen molar-refractivity contribution in [2.45, 2.75) is 24.3 Å². The number of aromatic nitrogens is 2. The number of nitrogens with zero attached hydrogens (tertiary/aromatic N) is 1. The molecule has 1 aromatic heterocycles. The zero-order valence-corrected chi connectivity index (χ0v) is 11.6. The summed E-state index contributed by atoms with van der Waals surface area (Å²) in [6.45, 7) is 1.82. The summed E-state index contributed by atoms with van der Waals surface area (Å²) in [6.07, 6.45) is 3.65. The van der Waals surface area contributed by atoms with E-state index < -0.39 is 21.9 Å². The standard InChI is InChI=1S/C12H15FN4O2S/c1-2-11(12-15-5-6-16-12)17-20(18,19)8-3-4-10(14)9(13)7-8/h3-7,11,17H,2,14H2,1H3,(H,15,16). The number of nitrogen functional groups attached to an aromatic ring is 1. The quantitative estimate of drug-likeness (QED) is 0.729. The molecule has 20 heavy (non-hydrogen) atoms. The molecule has 0 fully saturated rings. The summed E-state index contributed by atoms with van der Waals surface area (Å²) in [4.78, 5) is 6.70. The molecule has 8 heteroatoms. The van der Waals surface area contributed by atoms with Gasteiger partial charge in [0.2, 0.25) is 10.0 Å². The third kappa shape index (κ3) is 2.97. The number of nitrogens with two attached hydrogens (primary N) is 1. The van der Waals surface area contributed by atoms with Crippen LogP contribution < -0.4 is 10.5 Å². The molecule has 1 heterocycles. The highest BCUT2D eigenvalue weighted by Crippen LogP contribution is 2.20. The Morgan fingerprint density at radius 1 is 1.50 bits per heavy atom. The van der Waals surface area contributed by atoms with E-state index in [9.17, 15) is 12.8 Å². The Balaban J connectivity index is 2.28. The lowest BCUT2D eigenvalue weighted by Gasteiger charge is -2.15. The van der Waals surface area contributed by atoms with Gasteiger partial charge in [0, 0.05) is 12.4 Å². The van der Waals surface area contributed by atoms with E-state index in [-0.39, 0.29) is 10.6 Å². The molecule has 0 saturated heterocycles. The van der Waals surface area contributed by atoms with Crippen molar-refractivity contribution in [3.05, 3.63) is 42.2 Å². The molecule has 0 aliphatic rings. The number of benzene rings is 1. The van der Waals surface area contributed by atoms with Gasteiger partial charge < -0.3 is 10.7 Å². The smallest absolute Gasteiger partial charge is 0.241 e. The van der Waals surface area contributed by atoms with Gasteiger partial charge in [-0.3, -0.25) is 0 Å². The number of hydrogen-bond acceptors (Lipinski definition) is 4. The fraction of sp³-hybridized carbons (Fsp3) is 0.250. The van der Waals surface area contributed by atoms with Crippen molar-refractivity contribution in [2.75, 3.05) is 5.73 Å². The summed E-state index contributed by atoms with van der Waals surface area (Å²) in [7, 11) is -3.84. The summed E-state index contributed by atoms with van der Waals surface area (Å²) in [5, 5.41) is 0. The molecule has 0 bridgehead atoms. The lowest BCUT2D eigenvalue weighted by molar-refractivity contribution is 0.538. The van der Waals surface area contributed by atoms with E-state index in [2.05, 4.69) is 14.7 Å². The minimum atomic E-state index is -3.84. The molecule has 1 unspecified atom stereocenters. The van der Waals surface area contributed by atoms with Gasteiger partial charge in [-0.25, -0.2) is 22.5 Å². The minimum Gasteiger partial charge on any atom is -0.396 e. The second-order valence-corrected chi connectivity index (χ2v) is 5.95. The SMILES string of the molecule is CCC(NS(=O)(=O)c1ccc(N)c(F)c1)c1ncc[nH]1.